The summed E-state index contributed by atoms with van der Waals surface area (Å²) in [5, 5.41) is 9.50. The van der Waals surface area contributed by atoms with E-state index in [1.807, 2.05) is 18.2 Å². The van der Waals surface area contributed by atoms with Gasteiger partial charge < -0.3 is 4.98 Å². The molecule has 1 N–H and O–H groups in total. The molecule has 0 aliphatic heterocycles. The zero-order valence-corrected chi connectivity index (χ0v) is 8.63. The van der Waals surface area contributed by atoms with Crippen LogP contribution in [-0.4, -0.2) is 4.98 Å². The number of nitrogens with one attached hydrogen (secondary N) is 1. The highest BCUT2D eigenvalue weighted by molar-refractivity contribution is 9.10. The molecular weight excluding hydrogens is 244 g/mol. The van der Waals surface area contributed by atoms with Crippen molar-refractivity contribution in [1.29, 1.82) is 5.26 Å². The molecule has 0 aliphatic rings. The number of hydrogen-bond acceptors (Lipinski definition) is 2. The largest absolute Gasteiger partial charge is 0.321 e. The Morgan fingerprint density at radius 3 is 2.86 bits per heavy atom. The van der Waals surface area contributed by atoms with Crippen LogP contribution in [0.15, 0.2) is 33.5 Å². The van der Waals surface area contributed by atoms with Crippen molar-refractivity contribution < 1.29 is 0 Å². The molecule has 0 fully saturated rings. The first kappa shape index (κ1) is 8.97. The zero-order valence-electron chi connectivity index (χ0n) is 7.04. The number of nitriles is 1. The number of H-pyrrole nitrogens is 1. The van der Waals surface area contributed by atoms with Crippen LogP contribution < -0.4 is 5.56 Å². The van der Waals surface area contributed by atoms with Crippen LogP contribution in [0.1, 0.15) is 5.56 Å². The summed E-state index contributed by atoms with van der Waals surface area (Å²) < 4.78 is 0.894. The van der Waals surface area contributed by atoms with Gasteiger partial charge >= 0.3 is 0 Å². The molecular formula is C10H5BrN2O. The third-order valence-corrected chi connectivity index (χ3v) is 2.42. The van der Waals surface area contributed by atoms with E-state index in [4.69, 9.17) is 5.26 Å². The molecule has 68 valence electrons. The summed E-state index contributed by atoms with van der Waals surface area (Å²) in [5.74, 6) is 0. The second-order valence-electron chi connectivity index (χ2n) is 2.86. The molecule has 0 saturated heterocycles. The predicted octanol–water partition coefficient (Wildman–Crippen LogP) is 2.16. The van der Waals surface area contributed by atoms with E-state index in [9.17, 15) is 4.79 Å². The van der Waals surface area contributed by atoms with Crippen molar-refractivity contribution in [3.8, 4) is 6.07 Å². The molecule has 0 radical (unpaired) electrons. The number of nitrogens with zero attached hydrogens (tertiary/aromatic N) is 1. The highest BCUT2D eigenvalue weighted by Crippen LogP contribution is 2.17. The second-order valence-corrected chi connectivity index (χ2v) is 3.77. The molecule has 0 aliphatic carbocycles. The average molecular weight is 249 g/mol. The number of aromatic amines is 1. The molecule has 0 unspecified atom stereocenters. The van der Waals surface area contributed by atoms with Gasteiger partial charge in [0.2, 0.25) is 0 Å². The number of pyridine rings is 1. The van der Waals surface area contributed by atoms with E-state index in [1.54, 1.807) is 12.1 Å². The second kappa shape index (κ2) is 3.28. The van der Waals surface area contributed by atoms with E-state index in [1.165, 1.54) is 0 Å². The van der Waals surface area contributed by atoms with Crippen molar-refractivity contribution in [2.45, 2.75) is 0 Å². The van der Waals surface area contributed by atoms with Crippen molar-refractivity contribution in [2.75, 3.05) is 0 Å². The van der Waals surface area contributed by atoms with Gasteiger partial charge in [-0.2, -0.15) is 5.26 Å². The van der Waals surface area contributed by atoms with Crippen LogP contribution in [0.5, 0.6) is 0 Å². The summed E-state index contributed by atoms with van der Waals surface area (Å²) in [4.78, 5) is 13.9. The lowest BCUT2D eigenvalue weighted by Gasteiger charge is -1.98. The first-order chi connectivity index (χ1) is 6.70. The Morgan fingerprint density at radius 2 is 2.14 bits per heavy atom. The van der Waals surface area contributed by atoms with Gasteiger partial charge in [0.05, 0.1) is 0 Å². The average Bonchev–Trinajstić information content (AvgIpc) is 2.16. The monoisotopic (exact) mass is 248 g/mol. The van der Waals surface area contributed by atoms with Crippen LogP contribution in [0.3, 0.4) is 0 Å². The summed E-state index contributed by atoms with van der Waals surface area (Å²) in [6.45, 7) is 0. The third-order valence-electron chi connectivity index (χ3n) is 1.93. The SMILES string of the molecule is N#Cc1cc2ccc(Br)cc2[nH]c1=O. The summed E-state index contributed by atoms with van der Waals surface area (Å²) in [5.41, 5.74) is 0.515. The van der Waals surface area contributed by atoms with Crippen molar-refractivity contribution in [3.63, 3.8) is 0 Å². The molecule has 0 atom stereocenters. The Kier molecular flexibility index (Phi) is 2.10. The molecule has 4 heteroatoms. The molecule has 0 saturated carbocycles. The molecule has 0 bridgehead atoms. The van der Waals surface area contributed by atoms with Crippen molar-refractivity contribution in [2.24, 2.45) is 0 Å². The van der Waals surface area contributed by atoms with Crippen LogP contribution in [0.25, 0.3) is 10.9 Å². The van der Waals surface area contributed by atoms with Gasteiger partial charge in [-0.1, -0.05) is 22.0 Å². The van der Waals surface area contributed by atoms with Gasteiger partial charge in [0, 0.05) is 9.99 Å². The predicted molar refractivity (Wildman–Crippen MR) is 57.0 cm³/mol. The van der Waals surface area contributed by atoms with E-state index < -0.39 is 0 Å². The fourth-order valence-electron chi connectivity index (χ4n) is 1.26. The number of fused-ring (bicyclic) bond motifs is 1. The maximum absolute atomic E-state index is 11.3. The topological polar surface area (TPSA) is 56.6 Å². The van der Waals surface area contributed by atoms with Crippen LogP contribution in [-0.2, 0) is 0 Å². The van der Waals surface area contributed by atoms with Crippen molar-refractivity contribution in [3.05, 3.63) is 44.7 Å². The third kappa shape index (κ3) is 1.42. The van der Waals surface area contributed by atoms with E-state index in [-0.39, 0.29) is 11.1 Å². The number of aromatic nitrogens is 1. The van der Waals surface area contributed by atoms with Gasteiger partial charge in [-0.15, -0.1) is 0 Å². The number of halogens is 1. The van der Waals surface area contributed by atoms with Crippen LogP contribution >= 0.6 is 15.9 Å². The first-order valence-corrected chi connectivity index (χ1v) is 4.73. The van der Waals surface area contributed by atoms with Gasteiger partial charge in [0.15, 0.2) is 0 Å². The fraction of sp³-hybridized carbons (Fsp3) is 0. The quantitative estimate of drug-likeness (QED) is 0.777. The Balaban J connectivity index is 2.88. The Labute approximate surface area is 88.1 Å². The van der Waals surface area contributed by atoms with Crippen molar-refractivity contribution >= 4 is 26.8 Å². The minimum Gasteiger partial charge on any atom is -0.321 e. The first-order valence-electron chi connectivity index (χ1n) is 3.93. The van der Waals surface area contributed by atoms with Crippen LogP contribution in [0.2, 0.25) is 0 Å². The highest BCUT2D eigenvalue weighted by atomic mass is 79.9. The van der Waals surface area contributed by atoms with Gasteiger partial charge in [-0.05, 0) is 23.6 Å². The lowest BCUT2D eigenvalue weighted by Crippen LogP contribution is -2.09. The zero-order chi connectivity index (χ0) is 10.1. The van der Waals surface area contributed by atoms with E-state index in [0.29, 0.717) is 0 Å². The highest BCUT2D eigenvalue weighted by Gasteiger charge is 2.01. The normalized spacial score (nSPS) is 10.0. The Bertz CT molecular complexity index is 595. The summed E-state index contributed by atoms with van der Waals surface area (Å²) in [7, 11) is 0. The van der Waals surface area contributed by atoms with Crippen LogP contribution in [0.4, 0.5) is 0 Å². The number of rotatable bonds is 0. The minimum atomic E-state index is -0.349. The van der Waals surface area contributed by atoms with Gasteiger partial charge in [0.1, 0.15) is 11.6 Å². The molecule has 0 spiro atoms. The molecule has 0 amide bonds. The lowest BCUT2D eigenvalue weighted by molar-refractivity contribution is 1.27. The van der Waals surface area contributed by atoms with Crippen molar-refractivity contribution in [1.82, 2.24) is 4.98 Å². The maximum Gasteiger partial charge on any atom is 0.266 e. The van der Waals surface area contributed by atoms with Crippen LogP contribution in [0, 0.1) is 11.3 Å². The van der Waals surface area contributed by atoms with E-state index in [0.717, 1.165) is 15.4 Å². The Morgan fingerprint density at radius 1 is 1.36 bits per heavy atom. The molecule has 1 aromatic heterocycles. The fourth-order valence-corrected chi connectivity index (χ4v) is 1.62. The van der Waals surface area contributed by atoms with Gasteiger partial charge in [0.25, 0.3) is 5.56 Å². The molecule has 2 aromatic rings. The molecule has 3 nitrogen and oxygen atoms in total. The van der Waals surface area contributed by atoms with Gasteiger partial charge in [-0.25, -0.2) is 0 Å². The molecule has 1 aromatic carbocycles. The minimum absolute atomic E-state index is 0.139. The smallest absolute Gasteiger partial charge is 0.266 e. The standard InChI is InChI=1S/C10H5BrN2O/c11-8-2-1-6-3-7(5-12)10(14)13-9(6)4-8/h1-4H,(H,13,14). The Hall–Kier alpha value is -1.60. The summed E-state index contributed by atoms with van der Waals surface area (Å²) >= 11 is 3.31. The van der Waals surface area contributed by atoms with E-state index in [2.05, 4.69) is 20.9 Å². The van der Waals surface area contributed by atoms with E-state index >= 15 is 0 Å². The van der Waals surface area contributed by atoms with Gasteiger partial charge in [-0.3, -0.25) is 4.79 Å². The summed E-state index contributed by atoms with van der Waals surface area (Å²) in [6, 6.07) is 8.94. The summed E-state index contributed by atoms with van der Waals surface area (Å²) in [6.07, 6.45) is 0. The number of benzene rings is 1. The molecule has 2 rings (SSSR count). The number of hydrogen-bond donors (Lipinski definition) is 1. The lowest BCUT2D eigenvalue weighted by atomic mass is 10.2. The molecule has 14 heavy (non-hydrogen) atoms. The molecule has 1 heterocycles. The maximum atomic E-state index is 11.3.